The molecule has 1 aliphatic heterocycles. The Labute approximate surface area is 207 Å². The average molecular weight is 495 g/mol. The first-order valence-electron chi connectivity index (χ1n) is 11.6. The molecule has 5 rings (SSSR count). The Hall–Kier alpha value is -2.68. The van der Waals surface area contributed by atoms with Crippen molar-refractivity contribution in [3.05, 3.63) is 81.8 Å². The zero-order valence-electron chi connectivity index (χ0n) is 19.1. The quantitative estimate of drug-likeness (QED) is 0.341. The lowest BCUT2D eigenvalue weighted by molar-refractivity contribution is 0.0588. The number of nitrogens with zero attached hydrogens (tertiary/aromatic N) is 4. The van der Waals surface area contributed by atoms with Gasteiger partial charge in [-0.25, -0.2) is 4.39 Å². The van der Waals surface area contributed by atoms with Gasteiger partial charge in [0, 0.05) is 19.6 Å². The fraction of sp³-hybridized carbons (Fsp3) is 0.346. The number of amides is 1. The Morgan fingerprint density at radius 1 is 1.12 bits per heavy atom. The van der Waals surface area contributed by atoms with E-state index < -0.39 is 0 Å². The predicted octanol–water partition coefficient (Wildman–Crippen LogP) is 5.49. The van der Waals surface area contributed by atoms with Crippen molar-refractivity contribution < 1.29 is 9.18 Å². The van der Waals surface area contributed by atoms with Crippen molar-refractivity contribution >= 4 is 40.0 Å². The SMILES string of the molecule is CN(C(=O)c1cccs1)[C@H](Cc1ccccc1F)C1CCN(Cc2ccc3nsnc3c2)CC1. The van der Waals surface area contributed by atoms with Gasteiger partial charge in [0.15, 0.2) is 0 Å². The van der Waals surface area contributed by atoms with Gasteiger partial charge < -0.3 is 4.90 Å². The minimum Gasteiger partial charge on any atom is -0.337 e. The van der Waals surface area contributed by atoms with Crippen molar-refractivity contribution in [1.82, 2.24) is 18.5 Å². The van der Waals surface area contributed by atoms with E-state index in [0.717, 1.165) is 48.4 Å². The van der Waals surface area contributed by atoms with Crippen LogP contribution in [0.25, 0.3) is 11.0 Å². The highest BCUT2D eigenvalue weighted by atomic mass is 32.1. The first-order chi connectivity index (χ1) is 16.6. The van der Waals surface area contributed by atoms with Gasteiger partial charge in [0.25, 0.3) is 5.91 Å². The van der Waals surface area contributed by atoms with Gasteiger partial charge in [-0.2, -0.15) is 8.75 Å². The number of likely N-dealkylation sites (N-methyl/N-ethyl adjacent to an activating group) is 1. The lowest BCUT2D eigenvalue weighted by atomic mass is 9.84. The maximum Gasteiger partial charge on any atom is 0.263 e. The second-order valence-electron chi connectivity index (χ2n) is 8.96. The summed E-state index contributed by atoms with van der Waals surface area (Å²) in [5.74, 6) is 0.132. The molecule has 0 N–H and O–H groups in total. The smallest absolute Gasteiger partial charge is 0.263 e. The van der Waals surface area contributed by atoms with Gasteiger partial charge in [0.05, 0.1) is 16.6 Å². The Bertz CT molecular complexity index is 1250. The van der Waals surface area contributed by atoms with Gasteiger partial charge in [-0.1, -0.05) is 30.3 Å². The molecule has 5 nitrogen and oxygen atoms in total. The second-order valence-corrected chi connectivity index (χ2v) is 10.4. The van der Waals surface area contributed by atoms with Crippen molar-refractivity contribution in [2.45, 2.75) is 31.8 Å². The van der Waals surface area contributed by atoms with Gasteiger partial charge >= 0.3 is 0 Å². The van der Waals surface area contributed by atoms with Crippen molar-refractivity contribution in [2.75, 3.05) is 20.1 Å². The van der Waals surface area contributed by atoms with Crippen LogP contribution in [0.1, 0.15) is 33.6 Å². The van der Waals surface area contributed by atoms with Crippen LogP contribution >= 0.6 is 23.1 Å². The summed E-state index contributed by atoms with van der Waals surface area (Å²) in [6.45, 7) is 2.78. The standard InChI is InChI=1S/C26H27FN4OS2/c1-30(26(32)25-7-4-14-33-25)24(16-20-5-2-3-6-21(20)27)19-10-12-31(13-11-19)17-18-8-9-22-23(15-18)29-34-28-22/h2-9,14-15,19,24H,10-13,16-17H2,1H3/t24-/m1/s1. The minimum absolute atomic E-state index is 0.0175. The lowest BCUT2D eigenvalue weighted by Gasteiger charge is -2.40. The molecule has 0 aliphatic carbocycles. The third-order valence-electron chi connectivity index (χ3n) is 6.84. The molecule has 3 heterocycles. The maximum atomic E-state index is 14.5. The second kappa shape index (κ2) is 10.3. The zero-order valence-corrected chi connectivity index (χ0v) is 20.7. The van der Waals surface area contributed by atoms with E-state index in [9.17, 15) is 9.18 Å². The summed E-state index contributed by atoms with van der Waals surface area (Å²) in [7, 11) is 1.87. The van der Waals surface area contributed by atoms with E-state index in [0.29, 0.717) is 17.9 Å². The summed E-state index contributed by atoms with van der Waals surface area (Å²) in [5.41, 5.74) is 3.82. The predicted molar refractivity (Wildman–Crippen MR) is 136 cm³/mol. The van der Waals surface area contributed by atoms with Gasteiger partial charge in [-0.15, -0.1) is 11.3 Å². The number of halogens is 1. The molecule has 1 atom stereocenters. The fourth-order valence-corrected chi connectivity index (χ4v) is 6.14. The van der Waals surface area contributed by atoms with Crippen LogP contribution in [0.5, 0.6) is 0 Å². The molecule has 0 radical (unpaired) electrons. The number of aromatic nitrogens is 2. The Kier molecular flexibility index (Phi) is 6.99. The Balaban J connectivity index is 1.29. The topological polar surface area (TPSA) is 49.3 Å². The van der Waals surface area contributed by atoms with E-state index in [2.05, 4.69) is 25.8 Å². The van der Waals surface area contributed by atoms with Crippen molar-refractivity contribution in [2.24, 2.45) is 5.92 Å². The molecule has 1 fully saturated rings. The first-order valence-corrected chi connectivity index (χ1v) is 13.2. The van der Waals surface area contributed by atoms with Crippen LogP contribution in [0.2, 0.25) is 0 Å². The average Bonchev–Trinajstić information content (AvgIpc) is 3.55. The number of thiophene rings is 1. The number of piperidine rings is 1. The maximum absolute atomic E-state index is 14.5. The summed E-state index contributed by atoms with van der Waals surface area (Å²) in [6, 6.07) is 16.9. The fourth-order valence-electron chi connectivity index (χ4n) is 4.91. The molecule has 2 aromatic carbocycles. The van der Waals surface area contributed by atoms with Crippen LogP contribution in [0.15, 0.2) is 60.0 Å². The molecule has 8 heteroatoms. The van der Waals surface area contributed by atoms with Crippen LogP contribution in [0.3, 0.4) is 0 Å². The summed E-state index contributed by atoms with van der Waals surface area (Å²) < 4.78 is 23.2. The number of hydrogen-bond donors (Lipinski definition) is 0. The van der Waals surface area contributed by atoms with Crippen molar-refractivity contribution in [3.63, 3.8) is 0 Å². The molecule has 0 spiro atoms. The van der Waals surface area contributed by atoms with Crippen molar-refractivity contribution in [1.29, 1.82) is 0 Å². The monoisotopic (exact) mass is 494 g/mol. The lowest BCUT2D eigenvalue weighted by Crippen LogP contribution is -2.47. The zero-order chi connectivity index (χ0) is 23.5. The molecule has 1 amide bonds. The van der Waals surface area contributed by atoms with Gasteiger partial charge in [0.1, 0.15) is 16.9 Å². The van der Waals surface area contributed by atoms with E-state index in [1.165, 1.54) is 34.7 Å². The number of hydrogen-bond acceptors (Lipinski definition) is 6. The largest absolute Gasteiger partial charge is 0.337 e. The number of likely N-dealkylation sites (tertiary alicyclic amines) is 1. The van der Waals surface area contributed by atoms with E-state index in [4.69, 9.17) is 0 Å². The van der Waals surface area contributed by atoms with Crippen molar-refractivity contribution in [3.8, 4) is 0 Å². The van der Waals surface area contributed by atoms with Crippen LogP contribution in [-0.4, -0.2) is 50.6 Å². The van der Waals surface area contributed by atoms with E-state index in [1.54, 1.807) is 6.07 Å². The molecule has 2 aromatic heterocycles. The number of carbonyl (C=O) groups excluding carboxylic acids is 1. The molecule has 0 bridgehead atoms. The molecular weight excluding hydrogens is 467 g/mol. The normalized spacial score (nSPS) is 16.1. The van der Waals surface area contributed by atoms with Crippen LogP contribution in [-0.2, 0) is 13.0 Å². The highest BCUT2D eigenvalue weighted by Crippen LogP contribution is 2.29. The van der Waals surface area contributed by atoms with Gasteiger partial charge in [-0.3, -0.25) is 9.69 Å². The summed E-state index contributed by atoms with van der Waals surface area (Å²) in [4.78, 5) is 18.2. The van der Waals surface area contributed by atoms with Gasteiger partial charge in [0.2, 0.25) is 0 Å². The molecule has 1 saturated heterocycles. The highest BCUT2D eigenvalue weighted by Gasteiger charge is 2.32. The third kappa shape index (κ3) is 5.04. The molecule has 176 valence electrons. The van der Waals surface area contributed by atoms with E-state index in [-0.39, 0.29) is 17.8 Å². The van der Waals surface area contributed by atoms with E-state index in [1.807, 2.05) is 47.7 Å². The van der Waals surface area contributed by atoms with E-state index >= 15 is 0 Å². The summed E-state index contributed by atoms with van der Waals surface area (Å²) in [5, 5.41) is 1.92. The number of rotatable bonds is 7. The van der Waals surface area contributed by atoms with Crippen LogP contribution < -0.4 is 0 Å². The molecule has 0 saturated carbocycles. The molecule has 0 unspecified atom stereocenters. The molecule has 34 heavy (non-hydrogen) atoms. The number of fused-ring (bicyclic) bond motifs is 1. The number of carbonyl (C=O) groups is 1. The minimum atomic E-state index is -0.200. The van der Waals surface area contributed by atoms with Gasteiger partial charge in [-0.05, 0) is 79.0 Å². The van der Waals surface area contributed by atoms with Crippen LogP contribution in [0.4, 0.5) is 4.39 Å². The third-order valence-corrected chi connectivity index (χ3v) is 8.25. The number of benzene rings is 2. The molecular formula is C26H27FN4OS2. The summed E-state index contributed by atoms with van der Waals surface area (Å²) >= 11 is 2.70. The van der Waals surface area contributed by atoms with Crippen LogP contribution in [0, 0.1) is 11.7 Å². The highest BCUT2D eigenvalue weighted by molar-refractivity contribution is 7.12. The summed E-state index contributed by atoms with van der Waals surface area (Å²) in [6.07, 6.45) is 2.47. The Morgan fingerprint density at radius 2 is 1.91 bits per heavy atom. The molecule has 1 aliphatic rings. The molecule has 4 aromatic rings. The first kappa shape index (κ1) is 23.1. The Morgan fingerprint density at radius 3 is 2.68 bits per heavy atom.